The van der Waals surface area contributed by atoms with Gasteiger partial charge in [-0.3, -0.25) is 0 Å². The maximum absolute atomic E-state index is 5.64. The maximum atomic E-state index is 5.64. The lowest BCUT2D eigenvalue weighted by molar-refractivity contribution is 0.786. The van der Waals surface area contributed by atoms with Crippen LogP contribution in [-0.4, -0.2) is 28.3 Å². The molecule has 2 heterocycles. The molecule has 96 valence electrons. The van der Waals surface area contributed by atoms with Crippen LogP contribution in [0.15, 0.2) is 0 Å². The van der Waals surface area contributed by atoms with Crippen LogP contribution in [0, 0.1) is 6.92 Å². The molecule has 0 spiro atoms. The number of hydrogen-bond acceptors (Lipinski definition) is 5. The molecular weight excluding hydrogens is 268 g/mol. The molecule has 2 atom stereocenters. The van der Waals surface area contributed by atoms with Crippen molar-refractivity contribution in [2.75, 3.05) is 18.1 Å². The van der Waals surface area contributed by atoms with Crippen molar-refractivity contribution in [2.24, 2.45) is 5.73 Å². The molecule has 2 nitrogen and oxygen atoms in total. The Morgan fingerprint density at radius 1 is 1.35 bits per heavy atom. The maximum Gasteiger partial charge on any atom is 0.107 e. The third-order valence-corrected chi connectivity index (χ3v) is 7.68. The molecule has 0 bridgehead atoms. The lowest BCUT2D eigenvalue weighted by Gasteiger charge is -2.28. The average Bonchev–Trinajstić information content (AvgIpc) is 2.71. The fraction of sp³-hybridized carbons (Fsp3) is 0.750. The topological polar surface area (TPSA) is 38.9 Å². The van der Waals surface area contributed by atoms with Crippen LogP contribution in [0.5, 0.6) is 0 Å². The van der Waals surface area contributed by atoms with Gasteiger partial charge in [0.15, 0.2) is 0 Å². The highest BCUT2D eigenvalue weighted by atomic mass is 32.2. The Morgan fingerprint density at radius 3 is 2.82 bits per heavy atom. The molecule has 0 amide bonds. The molecule has 0 saturated carbocycles. The average molecular weight is 289 g/mol. The number of thiazole rings is 1. The van der Waals surface area contributed by atoms with E-state index in [-0.39, 0.29) is 0 Å². The fourth-order valence-electron chi connectivity index (χ4n) is 2.07. The Hall–Kier alpha value is 0.290. The fourth-order valence-corrected chi connectivity index (χ4v) is 6.57. The van der Waals surface area contributed by atoms with Gasteiger partial charge in [0.05, 0.1) is 10.9 Å². The van der Waals surface area contributed by atoms with Gasteiger partial charge in [0, 0.05) is 21.6 Å². The van der Waals surface area contributed by atoms with Crippen molar-refractivity contribution in [1.29, 1.82) is 0 Å². The predicted octanol–water partition coefficient (Wildman–Crippen LogP) is 3.25. The van der Waals surface area contributed by atoms with Gasteiger partial charge in [-0.1, -0.05) is 6.92 Å². The Bertz CT molecular complexity index is 365. The quantitative estimate of drug-likeness (QED) is 0.923. The molecule has 17 heavy (non-hydrogen) atoms. The van der Waals surface area contributed by atoms with E-state index >= 15 is 0 Å². The standard InChI is InChI=1S/C12H20N2S3/c1-3-9-11(16-7-6-15-9)12-14-8(2)10(17-12)4-5-13/h9,11H,3-7,13H2,1-2H3. The van der Waals surface area contributed by atoms with Crippen LogP contribution >= 0.6 is 34.9 Å². The summed E-state index contributed by atoms with van der Waals surface area (Å²) in [6.07, 6.45) is 2.22. The van der Waals surface area contributed by atoms with Gasteiger partial charge in [-0.05, 0) is 26.3 Å². The Labute approximate surface area is 116 Å². The van der Waals surface area contributed by atoms with Gasteiger partial charge >= 0.3 is 0 Å². The lowest BCUT2D eigenvalue weighted by Crippen LogP contribution is -2.18. The third kappa shape index (κ3) is 3.19. The molecule has 2 unspecified atom stereocenters. The van der Waals surface area contributed by atoms with Crippen LogP contribution in [-0.2, 0) is 6.42 Å². The van der Waals surface area contributed by atoms with Gasteiger partial charge in [0.2, 0.25) is 0 Å². The van der Waals surface area contributed by atoms with E-state index in [1.54, 1.807) is 0 Å². The van der Waals surface area contributed by atoms with Crippen molar-refractivity contribution in [3.63, 3.8) is 0 Å². The molecule has 1 fully saturated rings. The van der Waals surface area contributed by atoms with Crippen molar-refractivity contribution in [2.45, 2.75) is 37.2 Å². The summed E-state index contributed by atoms with van der Waals surface area (Å²) in [6.45, 7) is 5.14. The smallest absolute Gasteiger partial charge is 0.107 e. The van der Waals surface area contributed by atoms with Gasteiger partial charge in [-0.15, -0.1) is 23.1 Å². The number of hydrogen-bond donors (Lipinski definition) is 1. The summed E-state index contributed by atoms with van der Waals surface area (Å²) in [7, 11) is 0. The van der Waals surface area contributed by atoms with E-state index in [0.717, 1.165) is 18.2 Å². The molecule has 0 aliphatic carbocycles. The first-order valence-corrected chi connectivity index (χ1v) is 9.07. The summed E-state index contributed by atoms with van der Waals surface area (Å²) in [5, 5.41) is 2.68. The van der Waals surface area contributed by atoms with Crippen molar-refractivity contribution in [3.05, 3.63) is 15.6 Å². The minimum atomic E-state index is 0.606. The first-order chi connectivity index (χ1) is 8.26. The van der Waals surface area contributed by atoms with Crippen molar-refractivity contribution in [1.82, 2.24) is 4.98 Å². The van der Waals surface area contributed by atoms with Gasteiger partial charge in [0.1, 0.15) is 5.01 Å². The van der Waals surface area contributed by atoms with Crippen LogP contribution in [0.1, 0.15) is 34.2 Å². The van der Waals surface area contributed by atoms with Crippen LogP contribution < -0.4 is 5.73 Å². The number of aromatic nitrogens is 1. The zero-order valence-electron chi connectivity index (χ0n) is 10.4. The van der Waals surface area contributed by atoms with E-state index in [0.29, 0.717) is 5.25 Å². The summed E-state index contributed by atoms with van der Waals surface area (Å²) < 4.78 is 0. The van der Waals surface area contributed by atoms with E-state index < -0.39 is 0 Å². The van der Waals surface area contributed by atoms with Crippen molar-refractivity contribution < 1.29 is 0 Å². The molecule has 1 aromatic rings. The molecule has 5 heteroatoms. The van der Waals surface area contributed by atoms with Gasteiger partial charge in [-0.25, -0.2) is 4.98 Å². The number of rotatable bonds is 4. The third-order valence-electron chi connectivity index (χ3n) is 2.98. The summed E-state index contributed by atoms with van der Waals surface area (Å²) in [5.74, 6) is 2.55. The van der Waals surface area contributed by atoms with Gasteiger partial charge in [-0.2, -0.15) is 11.8 Å². The van der Waals surface area contributed by atoms with Gasteiger partial charge in [0.25, 0.3) is 0 Å². The minimum absolute atomic E-state index is 0.606. The highest BCUT2D eigenvalue weighted by molar-refractivity contribution is 8.06. The van der Waals surface area contributed by atoms with E-state index in [4.69, 9.17) is 10.7 Å². The first-order valence-electron chi connectivity index (χ1n) is 6.15. The van der Waals surface area contributed by atoms with Crippen LogP contribution in [0.3, 0.4) is 0 Å². The first kappa shape index (κ1) is 13.7. The number of aryl methyl sites for hydroxylation is 1. The van der Waals surface area contributed by atoms with E-state index in [9.17, 15) is 0 Å². The normalized spacial score (nSPS) is 25.1. The van der Waals surface area contributed by atoms with Crippen molar-refractivity contribution >= 4 is 34.9 Å². The molecule has 0 aromatic carbocycles. The summed E-state index contributed by atoms with van der Waals surface area (Å²) >= 11 is 6.09. The Kier molecular flexibility index (Phi) is 5.21. The van der Waals surface area contributed by atoms with Crippen LogP contribution in [0.25, 0.3) is 0 Å². The summed E-state index contributed by atoms with van der Waals surface area (Å²) in [4.78, 5) is 6.16. The second-order valence-electron chi connectivity index (χ2n) is 4.21. The van der Waals surface area contributed by atoms with Crippen molar-refractivity contribution in [3.8, 4) is 0 Å². The van der Waals surface area contributed by atoms with E-state index in [1.807, 2.05) is 11.3 Å². The van der Waals surface area contributed by atoms with E-state index in [1.165, 1.54) is 33.5 Å². The molecule has 1 aliphatic heterocycles. The monoisotopic (exact) mass is 288 g/mol. The Balaban J connectivity index is 2.17. The molecule has 2 rings (SSSR count). The number of nitrogens with two attached hydrogens (primary N) is 1. The summed E-state index contributed by atoms with van der Waals surface area (Å²) in [6, 6.07) is 0. The lowest BCUT2D eigenvalue weighted by atomic mass is 10.2. The van der Waals surface area contributed by atoms with Gasteiger partial charge < -0.3 is 5.73 Å². The summed E-state index contributed by atoms with van der Waals surface area (Å²) in [5.41, 5.74) is 6.84. The molecule has 0 radical (unpaired) electrons. The van der Waals surface area contributed by atoms with Crippen LogP contribution in [0.2, 0.25) is 0 Å². The highest BCUT2D eigenvalue weighted by Crippen LogP contribution is 2.45. The number of nitrogens with zero attached hydrogens (tertiary/aromatic N) is 1. The largest absolute Gasteiger partial charge is 0.330 e. The highest BCUT2D eigenvalue weighted by Gasteiger charge is 2.29. The zero-order chi connectivity index (χ0) is 12.3. The molecule has 1 aliphatic rings. The minimum Gasteiger partial charge on any atom is -0.330 e. The molecular formula is C12H20N2S3. The number of thioether (sulfide) groups is 2. The zero-order valence-corrected chi connectivity index (χ0v) is 12.9. The van der Waals surface area contributed by atoms with E-state index in [2.05, 4.69) is 37.4 Å². The molecule has 2 N–H and O–H groups in total. The molecule has 1 aromatic heterocycles. The second-order valence-corrected chi connectivity index (χ2v) is 7.92. The van der Waals surface area contributed by atoms with Crippen LogP contribution in [0.4, 0.5) is 0 Å². The predicted molar refractivity (Wildman–Crippen MR) is 81.3 cm³/mol. The SMILES string of the molecule is CCC1SCCSC1c1nc(C)c(CCN)s1. The molecule has 1 saturated heterocycles. The Morgan fingerprint density at radius 2 is 2.12 bits per heavy atom. The second kappa shape index (κ2) is 6.45.